The standard InChI is InChI=1S/C9H14N2O3S/c1-4-5(2)9(15(12,13)14)8(11)6(3)7(4)10/h10-11H2,1-3H3,(H,12,13,14). The quantitative estimate of drug-likeness (QED) is 0.493. The van der Waals surface area contributed by atoms with E-state index >= 15 is 0 Å². The Balaban J connectivity index is 3.84. The van der Waals surface area contributed by atoms with Crippen LogP contribution in [0.3, 0.4) is 0 Å². The van der Waals surface area contributed by atoms with E-state index in [2.05, 4.69) is 0 Å². The molecule has 5 nitrogen and oxygen atoms in total. The van der Waals surface area contributed by atoms with Crippen LogP contribution in [0.15, 0.2) is 4.90 Å². The second-order valence-electron chi connectivity index (χ2n) is 3.51. The van der Waals surface area contributed by atoms with E-state index in [0.29, 0.717) is 22.4 Å². The van der Waals surface area contributed by atoms with Crippen molar-refractivity contribution in [2.24, 2.45) is 0 Å². The molecule has 1 aromatic carbocycles. The lowest BCUT2D eigenvalue weighted by molar-refractivity contribution is 0.483. The third-order valence-electron chi connectivity index (χ3n) is 2.62. The first-order valence-corrected chi connectivity index (χ1v) is 5.74. The molecule has 0 radical (unpaired) electrons. The molecule has 0 heterocycles. The molecule has 15 heavy (non-hydrogen) atoms. The molecule has 6 heteroatoms. The van der Waals surface area contributed by atoms with Gasteiger partial charge in [-0.3, -0.25) is 4.55 Å². The Morgan fingerprint density at radius 2 is 1.40 bits per heavy atom. The molecule has 0 aliphatic carbocycles. The molecule has 0 atom stereocenters. The highest BCUT2D eigenvalue weighted by Crippen LogP contribution is 2.33. The van der Waals surface area contributed by atoms with Gasteiger partial charge < -0.3 is 11.5 Å². The van der Waals surface area contributed by atoms with Gasteiger partial charge in [0.05, 0.1) is 5.69 Å². The fraction of sp³-hybridized carbons (Fsp3) is 0.333. The summed E-state index contributed by atoms with van der Waals surface area (Å²) in [5.41, 5.74) is 13.3. The lowest BCUT2D eigenvalue weighted by Gasteiger charge is -2.15. The van der Waals surface area contributed by atoms with Gasteiger partial charge in [0.1, 0.15) is 4.90 Å². The monoisotopic (exact) mass is 230 g/mol. The zero-order valence-corrected chi connectivity index (χ0v) is 9.64. The first kappa shape index (κ1) is 11.8. The number of hydrogen-bond donors (Lipinski definition) is 3. The summed E-state index contributed by atoms with van der Waals surface area (Å²) in [5.74, 6) is 0. The van der Waals surface area contributed by atoms with E-state index in [1.807, 2.05) is 0 Å². The molecule has 0 aromatic heterocycles. The van der Waals surface area contributed by atoms with Crippen molar-refractivity contribution in [3.05, 3.63) is 16.7 Å². The van der Waals surface area contributed by atoms with Gasteiger partial charge in [0.15, 0.2) is 0 Å². The Morgan fingerprint density at radius 1 is 0.933 bits per heavy atom. The lowest BCUT2D eigenvalue weighted by atomic mass is 10.0. The number of anilines is 2. The Bertz CT molecular complexity index is 492. The van der Waals surface area contributed by atoms with Crippen molar-refractivity contribution in [3.63, 3.8) is 0 Å². The van der Waals surface area contributed by atoms with Gasteiger partial charge in [0, 0.05) is 5.69 Å². The first-order valence-electron chi connectivity index (χ1n) is 4.30. The van der Waals surface area contributed by atoms with Crippen LogP contribution >= 0.6 is 0 Å². The number of hydrogen-bond acceptors (Lipinski definition) is 4. The Labute approximate surface area is 88.8 Å². The van der Waals surface area contributed by atoms with Crippen LogP contribution in [0.25, 0.3) is 0 Å². The van der Waals surface area contributed by atoms with Crippen molar-refractivity contribution in [1.29, 1.82) is 0 Å². The minimum atomic E-state index is -4.31. The van der Waals surface area contributed by atoms with Crippen LogP contribution in [0.1, 0.15) is 16.7 Å². The van der Waals surface area contributed by atoms with E-state index in [1.54, 1.807) is 20.8 Å². The maximum atomic E-state index is 11.1. The molecule has 5 N–H and O–H groups in total. The van der Waals surface area contributed by atoms with E-state index in [-0.39, 0.29) is 10.6 Å². The van der Waals surface area contributed by atoms with E-state index in [0.717, 1.165) is 0 Å². The Morgan fingerprint density at radius 3 is 1.80 bits per heavy atom. The normalized spacial score (nSPS) is 11.7. The molecule has 0 saturated carbocycles. The molecule has 0 aliphatic heterocycles. The Kier molecular flexibility index (Phi) is 2.67. The maximum Gasteiger partial charge on any atom is 0.296 e. The summed E-state index contributed by atoms with van der Waals surface area (Å²) in [4.78, 5) is -0.244. The van der Waals surface area contributed by atoms with Crippen LogP contribution in [0, 0.1) is 20.8 Å². The molecule has 0 amide bonds. The van der Waals surface area contributed by atoms with E-state index < -0.39 is 10.1 Å². The molecule has 1 rings (SSSR count). The minimum Gasteiger partial charge on any atom is -0.398 e. The molecular formula is C9H14N2O3S. The van der Waals surface area contributed by atoms with Crippen molar-refractivity contribution in [3.8, 4) is 0 Å². The first-order chi connectivity index (χ1) is 6.68. The molecule has 0 bridgehead atoms. The lowest BCUT2D eigenvalue weighted by Crippen LogP contribution is -2.11. The van der Waals surface area contributed by atoms with Crippen molar-refractivity contribution >= 4 is 21.5 Å². The van der Waals surface area contributed by atoms with Crippen LogP contribution in [-0.4, -0.2) is 13.0 Å². The van der Waals surface area contributed by atoms with Crippen LogP contribution in [-0.2, 0) is 10.1 Å². The second kappa shape index (κ2) is 3.39. The Hall–Kier alpha value is -1.27. The van der Waals surface area contributed by atoms with Gasteiger partial charge in [0.2, 0.25) is 0 Å². The van der Waals surface area contributed by atoms with Gasteiger partial charge in [-0.2, -0.15) is 8.42 Å². The van der Waals surface area contributed by atoms with Gasteiger partial charge in [-0.05, 0) is 37.5 Å². The average Bonchev–Trinajstić information content (AvgIpc) is 2.09. The highest BCUT2D eigenvalue weighted by Gasteiger charge is 2.22. The smallest absolute Gasteiger partial charge is 0.296 e. The molecule has 1 aromatic rings. The second-order valence-corrected chi connectivity index (χ2v) is 4.86. The molecule has 0 unspecified atom stereocenters. The largest absolute Gasteiger partial charge is 0.398 e. The van der Waals surface area contributed by atoms with Gasteiger partial charge in [-0.1, -0.05) is 0 Å². The highest BCUT2D eigenvalue weighted by molar-refractivity contribution is 7.86. The zero-order valence-electron chi connectivity index (χ0n) is 8.83. The van der Waals surface area contributed by atoms with Crippen molar-refractivity contribution < 1.29 is 13.0 Å². The van der Waals surface area contributed by atoms with E-state index in [1.165, 1.54) is 0 Å². The predicted molar refractivity (Wildman–Crippen MR) is 59.3 cm³/mol. The molecule has 84 valence electrons. The summed E-state index contributed by atoms with van der Waals surface area (Å²) >= 11 is 0. The van der Waals surface area contributed by atoms with Gasteiger partial charge in [0.25, 0.3) is 10.1 Å². The maximum absolute atomic E-state index is 11.1. The van der Waals surface area contributed by atoms with Crippen LogP contribution in [0.5, 0.6) is 0 Å². The summed E-state index contributed by atoms with van der Waals surface area (Å²) < 4.78 is 31.3. The summed E-state index contributed by atoms with van der Waals surface area (Å²) in [6, 6.07) is 0. The molecule has 0 aliphatic rings. The van der Waals surface area contributed by atoms with Gasteiger partial charge in [-0.15, -0.1) is 0 Å². The molecule has 0 spiro atoms. The molecular weight excluding hydrogens is 216 g/mol. The number of benzene rings is 1. The van der Waals surface area contributed by atoms with Crippen molar-refractivity contribution in [2.45, 2.75) is 25.7 Å². The topological polar surface area (TPSA) is 106 Å². The number of nitrogens with two attached hydrogens (primary N) is 2. The van der Waals surface area contributed by atoms with E-state index in [9.17, 15) is 8.42 Å². The van der Waals surface area contributed by atoms with Crippen LogP contribution < -0.4 is 11.5 Å². The highest BCUT2D eigenvalue weighted by atomic mass is 32.2. The number of rotatable bonds is 1. The van der Waals surface area contributed by atoms with Crippen LogP contribution in [0.4, 0.5) is 11.4 Å². The van der Waals surface area contributed by atoms with Gasteiger partial charge >= 0.3 is 0 Å². The molecule has 0 fully saturated rings. The summed E-state index contributed by atoms with van der Waals surface area (Å²) in [6.07, 6.45) is 0. The third-order valence-corrected chi connectivity index (χ3v) is 3.66. The van der Waals surface area contributed by atoms with Crippen molar-refractivity contribution in [2.75, 3.05) is 11.5 Å². The summed E-state index contributed by atoms with van der Waals surface area (Å²) in [5, 5.41) is 0. The minimum absolute atomic E-state index is 0.0121. The average molecular weight is 230 g/mol. The van der Waals surface area contributed by atoms with Crippen LogP contribution in [0.2, 0.25) is 0 Å². The number of nitrogen functional groups attached to an aromatic ring is 2. The fourth-order valence-corrected chi connectivity index (χ4v) is 2.47. The zero-order chi connectivity index (χ0) is 12.0. The predicted octanol–water partition coefficient (Wildman–Crippen LogP) is 1.02. The summed E-state index contributed by atoms with van der Waals surface area (Å²) in [6.45, 7) is 4.86. The van der Waals surface area contributed by atoms with Gasteiger partial charge in [-0.25, -0.2) is 0 Å². The molecule has 0 saturated heterocycles. The van der Waals surface area contributed by atoms with Crippen molar-refractivity contribution in [1.82, 2.24) is 0 Å². The SMILES string of the molecule is Cc1c(C)c(S(=O)(=O)O)c(N)c(C)c1N. The fourth-order valence-electron chi connectivity index (χ4n) is 1.50. The third kappa shape index (κ3) is 1.78. The van der Waals surface area contributed by atoms with E-state index in [4.69, 9.17) is 16.0 Å². The summed E-state index contributed by atoms with van der Waals surface area (Å²) in [7, 11) is -4.31.